The van der Waals surface area contributed by atoms with Crippen LogP contribution in [0.2, 0.25) is 0 Å². The zero-order valence-electron chi connectivity index (χ0n) is 10.8. The quantitative estimate of drug-likeness (QED) is 0.846. The van der Waals surface area contributed by atoms with Gasteiger partial charge in [-0.25, -0.2) is 4.79 Å². The van der Waals surface area contributed by atoms with E-state index in [0.717, 1.165) is 4.90 Å². The van der Waals surface area contributed by atoms with Crippen molar-refractivity contribution in [3.05, 3.63) is 59.7 Å². The minimum Gasteiger partial charge on any atom is -0.478 e. The third kappa shape index (κ3) is 3.39. The van der Waals surface area contributed by atoms with Gasteiger partial charge < -0.3 is 10.4 Å². The average molecular weight is 287 g/mol. The third-order valence-electron chi connectivity index (χ3n) is 2.72. The van der Waals surface area contributed by atoms with Crippen LogP contribution in [-0.2, 0) is 0 Å². The molecule has 0 saturated carbocycles. The van der Waals surface area contributed by atoms with E-state index in [4.69, 9.17) is 5.11 Å². The Morgan fingerprint density at radius 3 is 2.35 bits per heavy atom. The van der Waals surface area contributed by atoms with Crippen molar-refractivity contribution >= 4 is 29.3 Å². The standard InChI is InChI=1S/C15H13NO3S/c1-20-13-7-5-10(6-8-13)14(17)16-12-4-2-3-11(9-12)15(18)19/h2-9H,1H3,(H,16,17)(H,18,19). The van der Waals surface area contributed by atoms with Crippen LogP contribution in [0.25, 0.3) is 0 Å². The van der Waals surface area contributed by atoms with Gasteiger partial charge in [-0.15, -0.1) is 11.8 Å². The maximum Gasteiger partial charge on any atom is 0.335 e. The summed E-state index contributed by atoms with van der Waals surface area (Å²) in [4.78, 5) is 24.0. The van der Waals surface area contributed by atoms with E-state index in [9.17, 15) is 9.59 Å². The highest BCUT2D eigenvalue weighted by Crippen LogP contribution is 2.16. The van der Waals surface area contributed by atoms with Crippen LogP contribution in [0.5, 0.6) is 0 Å². The maximum atomic E-state index is 12.0. The molecule has 0 unspecified atom stereocenters. The lowest BCUT2D eigenvalue weighted by Gasteiger charge is -2.06. The minimum atomic E-state index is -1.02. The smallest absolute Gasteiger partial charge is 0.335 e. The van der Waals surface area contributed by atoms with Crippen molar-refractivity contribution in [2.75, 3.05) is 11.6 Å². The SMILES string of the molecule is CSc1ccc(C(=O)Nc2cccc(C(=O)O)c2)cc1. The Balaban J connectivity index is 2.14. The highest BCUT2D eigenvalue weighted by Gasteiger charge is 2.08. The second kappa shape index (κ2) is 6.25. The van der Waals surface area contributed by atoms with Gasteiger partial charge in [0.2, 0.25) is 0 Å². The van der Waals surface area contributed by atoms with Gasteiger partial charge in [0.05, 0.1) is 5.56 Å². The summed E-state index contributed by atoms with van der Waals surface area (Å²) in [6.07, 6.45) is 1.96. The van der Waals surface area contributed by atoms with Crippen LogP contribution < -0.4 is 5.32 Å². The fraction of sp³-hybridized carbons (Fsp3) is 0.0667. The molecule has 0 aliphatic rings. The van der Waals surface area contributed by atoms with E-state index >= 15 is 0 Å². The van der Waals surface area contributed by atoms with E-state index in [1.54, 1.807) is 36.0 Å². The predicted molar refractivity (Wildman–Crippen MR) is 79.6 cm³/mol. The topological polar surface area (TPSA) is 66.4 Å². The molecule has 2 N–H and O–H groups in total. The summed E-state index contributed by atoms with van der Waals surface area (Å²) in [6.45, 7) is 0. The zero-order chi connectivity index (χ0) is 14.5. The van der Waals surface area contributed by atoms with E-state index in [0.29, 0.717) is 11.3 Å². The Hall–Kier alpha value is -2.27. The fourth-order valence-electron chi connectivity index (χ4n) is 1.68. The third-order valence-corrected chi connectivity index (χ3v) is 3.46. The Labute approximate surface area is 120 Å². The number of carbonyl (C=O) groups excluding carboxylic acids is 1. The number of hydrogen-bond donors (Lipinski definition) is 2. The van der Waals surface area contributed by atoms with Crippen molar-refractivity contribution in [3.63, 3.8) is 0 Å². The summed E-state index contributed by atoms with van der Waals surface area (Å²) in [5, 5.41) is 11.6. The maximum absolute atomic E-state index is 12.0. The first-order valence-corrected chi connectivity index (χ1v) is 7.11. The molecule has 102 valence electrons. The van der Waals surface area contributed by atoms with Gasteiger partial charge in [-0.05, 0) is 48.7 Å². The highest BCUT2D eigenvalue weighted by atomic mass is 32.2. The van der Waals surface area contributed by atoms with Crippen molar-refractivity contribution in [1.29, 1.82) is 0 Å². The molecule has 2 rings (SSSR count). The van der Waals surface area contributed by atoms with Crippen LogP contribution >= 0.6 is 11.8 Å². The van der Waals surface area contributed by atoms with Gasteiger partial charge in [0.1, 0.15) is 0 Å². The number of rotatable bonds is 4. The van der Waals surface area contributed by atoms with Crippen molar-refractivity contribution in [2.45, 2.75) is 4.90 Å². The van der Waals surface area contributed by atoms with Crippen molar-refractivity contribution < 1.29 is 14.7 Å². The van der Waals surface area contributed by atoms with Crippen LogP contribution in [0.1, 0.15) is 20.7 Å². The van der Waals surface area contributed by atoms with Crippen molar-refractivity contribution in [3.8, 4) is 0 Å². The lowest BCUT2D eigenvalue weighted by Crippen LogP contribution is -2.12. The van der Waals surface area contributed by atoms with Crippen molar-refractivity contribution in [1.82, 2.24) is 0 Å². The summed E-state index contributed by atoms with van der Waals surface area (Å²) in [5.74, 6) is -1.29. The van der Waals surface area contributed by atoms with E-state index in [-0.39, 0.29) is 11.5 Å². The molecular formula is C15H13NO3S. The molecule has 0 aliphatic carbocycles. The molecule has 0 bridgehead atoms. The number of aromatic carboxylic acids is 1. The molecule has 2 aromatic carbocycles. The Kier molecular flexibility index (Phi) is 4.42. The van der Waals surface area contributed by atoms with Gasteiger partial charge in [-0.3, -0.25) is 4.79 Å². The van der Waals surface area contributed by atoms with E-state index in [1.165, 1.54) is 12.1 Å². The first kappa shape index (κ1) is 14.1. The number of carboxylic acids is 1. The van der Waals surface area contributed by atoms with E-state index < -0.39 is 5.97 Å². The molecule has 0 fully saturated rings. The van der Waals surface area contributed by atoms with E-state index in [2.05, 4.69) is 5.32 Å². The minimum absolute atomic E-state index is 0.139. The van der Waals surface area contributed by atoms with E-state index in [1.807, 2.05) is 18.4 Å². The first-order chi connectivity index (χ1) is 9.60. The van der Waals surface area contributed by atoms with Gasteiger partial charge in [0.15, 0.2) is 0 Å². The highest BCUT2D eigenvalue weighted by molar-refractivity contribution is 7.98. The number of amides is 1. The molecule has 2 aromatic rings. The molecule has 0 spiro atoms. The monoisotopic (exact) mass is 287 g/mol. The Bertz CT molecular complexity index is 638. The molecule has 0 aromatic heterocycles. The Morgan fingerprint density at radius 1 is 1.05 bits per heavy atom. The second-order valence-corrected chi connectivity index (χ2v) is 4.95. The molecular weight excluding hydrogens is 274 g/mol. The van der Waals surface area contributed by atoms with Gasteiger partial charge in [0, 0.05) is 16.1 Å². The lowest BCUT2D eigenvalue weighted by molar-refractivity contribution is 0.0696. The number of carbonyl (C=O) groups is 2. The van der Waals surface area contributed by atoms with Crippen LogP contribution in [0, 0.1) is 0 Å². The number of carboxylic acid groups (broad SMARTS) is 1. The van der Waals surface area contributed by atoms with Gasteiger partial charge in [0.25, 0.3) is 5.91 Å². The van der Waals surface area contributed by atoms with Crippen LogP contribution in [0.4, 0.5) is 5.69 Å². The number of anilines is 1. The summed E-state index contributed by atoms with van der Waals surface area (Å²) < 4.78 is 0. The van der Waals surface area contributed by atoms with Crippen LogP contribution in [0.15, 0.2) is 53.4 Å². The normalized spacial score (nSPS) is 10.1. The Morgan fingerprint density at radius 2 is 1.75 bits per heavy atom. The van der Waals surface area contributed by atoms with Gasteiger partial charge in [-0.2, -0.15) is 0 Å². The molecule has 5 heteroatoms. The molecule has 1 amide bonds. The molecule has 0 aliphatic heterocycles. The van der Waals surface area contributed by atoms with Crippen LogP contribution in [-0.4, -0.2) is 23.2 Å². The zero-order valence-corrected chi connectivity index (χ0v) is 11.6. The summed E-state index contributed by atoms with van der Waals surface area (Å²) in [6, 6.07) is 13.4. The van der Waals surface area contributed by atoms with Crippen LogP contribution in [0.3, 0.4) is 0 Å². The number of nitrogens with one attached hydrogen (secondary N) is 1. The molecule has 4 nitrogen and oxygen atoms in total. The molecule has 0 saturated heterocycles. The second-order valence-electron chi connectivity index (χ2n) is 4.07. The number of thioether (sulfide) groups is 1. The van der Waals surface area contributed by atoms with Gasteiger partial charge >= 0.3 is 5.97 Å². The lowest BCUT2D eigenvalue weighted by atomic mass is 10.2. The van der Waals surface area contributed by atoms with Crippen molar-refractivity contribution in [2.24, 2.45) is 0 Å². The average Bonchev–Trinajstić information content (AvgIpc) is 2.47. The summed E-state index contributed by atoms with van der Waals surface area (Å²) in [7, 11) is 0. The number of hydrogen-bond acceptors (Lipinski definition) is 3. The number of benzene rings is 2. The summed E-state index contributed by atoms with van der Waals surface area (Å²) in [5.41, 5.74) is 1.13. The molecule has 20 heavy (non-hydrogen) atoms. The predicted octanol–water partition coefficient (Wildman–Crippen LogP) is 3.36. The molecule has 0 heterocycles. The molecule has 0 atom stereocenters. The van der Waals surface area contributed by atoms with Gasteiger partial charge in [-0.1, -0.05) is 6.07 Å². The fourth-order valence-corrected chi connectivity index (χ4v) is 2.08. The molecule has 0 radical (unpaired) electrons. The summed E-state index contributed by atoms with van der Waals surface area (Å²) >= 11 is 1.60. The first-order valence-electron chi connectivity index (χ1n) is 5.89. The largest absolute Gasteiger partial charge is 0.478 e.